The molecule has 0 fully saturated rings. The van der Waals surface area contributed by atoms with E-state index < -0.39 is 0 Å². The molecule has 164 valence electrons. The lowest BCUT2D eigenvalue weighted by molar-refractivity contribution is 0.173. The van der Waals surface area contributed by atoms with Gasteiger partial charge in [0, 0.05) is 43.2 Å². The molecule has 0 bridgehead atoms. The number of benzene rings is 2. The number of para-hydroxylation sites is 1. The second-order valence-electron chi connectivity index (χ2n) is 7.38. The summed E-state index contributed by atoms with van der Waals surface area (Å²) < 4.78 is 11.8. The van der Waals surface area contributed by atoms with Gasteiger partial charge in [-0.15, -0.1) is 0 Å². The normalized spacial score (nSPS) is 11.7. The first kappa shape index (κ1) is 22.4. The van der Waals surface area contributed by atoms with Crippen LogP contribution in [0.15, 0.2) is 54.7 Å². The summed E-state index contributed by atoms with van der Waals surface area (Å²) in [5, 5.41) is 3.83. The maximum Gasteiger partial charge on any atom is 0.317 e. The van der Waals surface area contributed by atoms with Gasteiger partial charge in [0.15, 0.2) is 0 Å². The minimum Gasteiger partial charge on any atom is -0.495 e. The Bertz CT molecular complexity index is 1000. The van der Waals surface area contributed by atoms with Crippen LogP contribution in [-0.4, -0.2) is 48.8 Å². The molecule has 0 aliphatic heterocycles. The SMILES string of the molecule is CCNC(=O)N(CC)CCC(C)Oc1ccc(-c2cnc3ccccc3c2OC)cc1. The van der Waals surface area contributed by atoms with Gasteiger partial charge < -0.3 is 19.7 Å². The van der Waals surface area contributed by atoms with Crippen LogP contribution < -0.4 is 14.8 Å². The molecule has 1 atom stereocenters. The van der Waals surface area contributed by atoms with Crippen molar-refractivity contribution < 1.29 is 14.3 Å². The van der Waals surface area contributed by atoms with Crippen LogP contribution in [0.4, 0.5) is 4.79 Å². The van der Waals surface area contributed by atoms with Crippen molar-refractivity contribution in [3.63, 3.8) is 0 Å². The van der Waals surface area contributed by atoms with E-state index in [-0.39, 0.29) is 12.1 Å². The number of ether oxygens (including phenoxy) is 2. The fraction of sp³-hybridized carbons (Fsp3) is 0.360. The van der Waals surface area contributed by atoms with E-state index in [1.807, 2.05) is 75.5 Å². The summed E-state index contributed by atoms with van der Waals surface area (Å²) in [7, 11) is 1.69. The first-order chi connectivity index (χ1) is 15.1. The van der Waals surface area contributed by atoms with E-state index in [2.05, 4.69) is 10.3 Å². The van der Waals surface area contributed by atoms with Gasteiger partial charge in [-0.05, 0) is 50.6 Å². The molecule has 0 saturated carbocycles. The molecule has 1 heterocycles. The highest BCUT2D eigenvalue weighted by Crippen LogP contribution is 2.36. The highest BCUT2D eigenvalue weighted by Gasteiger charge is 2.14. The summed E-state index contributed by atoms with van der Waals surface area (Å²) in [5.74, 6) is 1.61. The van der Waals surface area contributed by atoms with Crippen molar-refractivity contribution in [2.45, 2.75) is 33.3 Å². The Morgan fingerprint density at radius 2 is 1.87 bits per heavy atom. The maximum absolute atomic E-state index is 12.0. The number of fused-ring (bicyclic) bond motifs is 1. The predicted octanol–water partition coefficient (Wildman–Crippen LogP) is 5.12. The zero-order valence-electron chi connectivity index (χ0n) is 18.7. The minimum absolute atomic E-state index is 0.00815. The number of nitrogens with zero attached hydrogens (tertiary/aromatic N) is 2. The molecular formula is C25H31N3O3. The smallest absolute Gasteiger partial charge is 0.317 e. The van der Waals surface area contributed by atoms with Gasteiger partial charge in [-0.25, -0.2) is 4.79 Å². The molecule has 2 amide bonds. The highest BCUT2D eigenvalue weighted by molar-refractivity contribution is 5.92. The summed E-state index contributed by atoms with van der Waals surface area (Å²) >= 11 is 0. The number of urea groups is 1. The Morgan fingerprint density at radius 3 is 2.55 bits per heavy atom. The fourth-order valence-corrected chi connectivity index (χ4v) is 3.55. The molecular weight excluding hydrogens is 390 g/mol. The molecule has 0 aliphatic rings. The number of carbonyl (C=O) groups excluding carboxylic acids is 1. The van der Waals surface area contributed by atoms with Gasteiger partial charge in [0.05, 0.1) is 18.7 Å². The van der Waals surface area contributed by atoms with Crippen LogP contribution in [0.5, 0.6) is 11.5 Å². The third-order valence-electron chi connectivity index (χ3n) is 5.24. The molecule has 0 radical (unpaired) electrons. The van der Waals surface area contributed by atoms with Gasteiger partial charge in [0.25, 0.3) is 0 Å². The average molecular weight is 422 g/mol. The number of rotatable bonds is 9. The van der Waals surface area contributed by atoms with Crippen molar-refractivity contribution in [3.05, 3.63) is 54.7 Å². The number of nitrogens with one attached hydrogen (secondary N) is 1. The molecule has 3 aromatic rings. The Balaban J connectivity index is 1.67. The first-order valence-corrected chi connectivity index (χ1v) is 10.8. The van der Waals surface area contributed by atoms with Crippen LogP contribution >= 0.6 is 0 Å². The first-order valence-electron chi connectivity index (χ1n) is 10.8. The van der Waals surface area contributed by atoms with E-state index in [9.17, 15) is 4.79 Å². The Kier molecular flexibility index (Phi) is 7.70. The number of aromatic nitrogens is 1. The van der Waals surface area contributed by atoms with Crippen LogP contribution in [-0.2, 0) is 0 Å². The molecule has 1 aromatic heterocycles. The maximum atomic E-state index is 12.0. The third-order valence-corrected chi connectivity index (χ3v) is 5.24. The van der Waals surface area contributed by atoms with Crippen molar-refractivity contribution >= 4 is 16.9 Å². The minimum atomic E-state index is -0.0282. The summed E-state index contributed by atoms with van der Waals surface area (Å²) in [4.78, 5) is 18.4. The van der Waals surface area contributed by atoms with E-state index in [4.69, 9.17) is 9.47 Å². The lowest BCUT2D eigenvalue weighted by Gasteiger charge is -2.23. The number of carbonyl (C=O) groups is 1. The largest absolute Gasteiger partial charge is 0.495 e. The number of methoxy groups -OCH3 is 1. The van der Waals surface area contributed by atoms with E-state index in [1.165, 1.54) is 0 Å². The standard InChI is InChI=1S/C25H31N3O3/c1-5-26-25(29)28(6-2)16-15-18(3)31-20-13-11-19(12-14-20)22-17-27-23-10-8-7-9-21(23)24(22)30-4/h7-14,17-18H,5-6,15-16H2,1-4H3,(H,26,29). The monoisotopic (exact) mass is 421 g/mol. The Labute approximate surface area is 184 Å². The molecule has 3 rings (SSSR count). The Hall–Kier alpha value is -3.28. The van der Waals surface area contributed by atoms with Crippen molar-refractivity contribution in [1.82, 2.24) is 15.2 Å². The van der Waals surface area contributed by atoms with Crippen LogP contribution in [0.1, 0.15) is 27.2 Å². The molecule has 1 N–H and O–H groups in total. The van der Waals surface area contributed by atoms with E-state index in [0.717, 1.165) is 39.9 Å². The van der Waals surface area contributed by atoms with Gasteiger partial charge in [-0.2, -0.15) is 0 Å². The number of hydrogen-bond acceptors (Lipinski definition) is 4. The molecule has 2 aromatic carbocycles. The molecule has 0 saturated heterocycles. The van der Waals surface area contributed by atoms with Crippen molar-refractivity contribution in [1.29, 1.82) is 0 Å². The summed E-state index contributed by atoms with van der Waals surface area (Å²) in [6.45, 7) is 7.89. The summed E-state index contributed by atoms with van der Waals surface area (Å²) in [6.07, 6.45) is 2.60. The van der Waals surface area contributed by atoms with Crippen LogP contribution in [0.2, 0.25) is 0 Å². The molecule has 6 heteroatoms. The van der Waals surface area contributed by atoms with Crippen molar-refractivity contribution in [2.24, 2.45) is 0 Å². The fourth-order valence-electron chi connectivity index (χ4n) is 3.55. The number of hydrogen-bond donors (Lipinski definition) is 1. The second-order valence-corrected chi connectivity index (χ2v) is 7.38. The Morgan fingerprint density at radius 1 is 1.13 bits per heavy atom. The lowest BCUT2D eigenvalue weighted by atomic mass is 10.0. The van der Waals surface area contributed by atoms with Gasteiger partial charge in [-0.1, -0.05) is 24.3 Å². The van der Waals surface area contributed by atoms with Gasteiger partial charge >= 0.3 is 6.03 Å². The van der Waals surface area contributed by atoms with E-state index in [0.29, 0.717) is 19.6 Å². The molecule has 0 aliphatic carbocycles. The number of amides is 2. The average Bonchev–Trinajstić information content (AvgIpc) is 2.79. The molecule has 31 heavy (non-hydrogen) atoms. The zero-order chi connectivity index (χ0) is 22.2. The van der Waals surface area contributed by atoms with E-state index >= 15 is 0 Å². The van der Waals surface area contributed by atoms with Crippen LogP contribution in [0.25, 0.3) is 22.0 Å². The number of pyridine rings is 1. The topological polar surface area (TPSA) is 63.7 Å². The third kappa shape index (κ3) is 5.45. The van der Waals surface area contributed by atoms with E-state index in [1.54, 1.807) is 12.0 Å². The quantitative estimate of drug-likeness (QED) is 0.521. The van der Waals surface area contributed by atoms with Crippen molar-refractivity contribution in [2.75, 3.05) is 26.7 Å². The van der Waals surface area contributed by atoms with Gasteiger partial charge in [-0.3, -0.25) is 4.98 Å². The summed E-state index contributed by atoms with van der Waals surface area (Å²) in [6, 6.07) is 15.9. The van der Waals surface area contributed by atoms with Crippen LogP contribution in [0.3, 0.4) is 0 Å². The highest BCUT2D eigenvalue weighted by atomic mass is 16.5. The van der Waals surface area contributed by atoms with Crippen molar-refractivity contribution in [3.8, 4) is 22.6 Å². The van der Waals surface area contributed by atoms with Gasteiger partial charge in [0.2, 0.25) is 0 Å². The van der Waals surface area contributed by atoms with Crippen LogP contribution in [0, 0.1) is 0 Å². The summed E-state index contributed by atoms with van der Waals surface area (Å²) in [5.41, 5.74) is 2.87. The molecule has 0 spiro atoms. The zero-order valence-corrected chi connectivity index (χ0v) is 18.7. The predicted molar refractivity (Wildman–Crippen MR) is 125 cm³/mol. The molecule has 6 nitrogen and oxygen atoms in total. The van der Waals surface area contributed by atoms with Gasteiger partial charge in [0.1, 0.15) is 11.5 Å². The lowest BCUT2D eigenvalue weighted by Crippen LogP contribution is -2.41. The second kappa shape index (κ2) is 10.7. The molecule has 1 unspecified atom stereocenters.